The Bertz CT molecular complexity index is 618. The molecule has 18 heavy (non-hydrogen) atoms. The van der Waals surface area contributed by atoms with Crippen LogP contribution in [0.4, 0.5) is 11.4 Å². The molecule has 0 aliphatic carbocycles. The summed E-state index contributed by atoms with van der Waals surface area (Å²) in [4.78, 5) is 17.7. The van der Waals surface area contributed by atoms with Crippen LogP contribution in [0.15, 0.2) is 17.0 Å². The van der Waals surface area contributed by atoms with Crippen LogP contribution in [0.3, 0.4) is 0 Å². The van der Waals surface area contributed by atoms with Crippen LogP contribution < -0.4 is 29.6 Å². The van der Waals surface area contributed by atoms with Crippen LogP contribution in [0, 0.1) is 27.2 Å². The molecule has 94 valence electrons. The minimum Gasteiger partial charge on any atom is -1.00 e. The van der Waals surface area contributed by atoms with Gasteiger partial charge in [0.1, 0.15) is 0 Å². The third-order valence-corrected chi connectivity index (χ3v) is 2.87. The number of hydrogen-bond donors (Lipinski definition) is 1. The van der Waals surface area contributed by atoms with E-state index in [1.54, 1.807) is 0 Å². The zero-order valence-corrected chi connectivity index (χ0v) is 12.2. The molecule has 1 N–H and O–H groups in total. The summed E-state index contributed by atoms with van der Waals surface area (Å²) in [7, 11) is -5.06. The van der Waals surface area contributed by atoms with Crippen molar-refractivity contribution in [3.05, 3.63) is 37.9 Å². The van der Waals surface area contributed by atoms with Crippen LogP contribution in [0.1, 0.15) is 6.99 Å². The van der Waals surface area contributed by atoms with E-state index in [0.29, 0.717) is 0 Å². The summed E-state index contributed by atoms with van der Waals surface area (Å²) < 4.78 is 30.8. The van der Waals surface area contributed by atoms with Gasteiger partial charge in [-0.3, -0.25) is 24.8 Å². The molecular formula is C7H7N2NaO7S. The molecule has 0 aromatic heterocycles. The van der Waals surface area contributed by atoms with Crippen LogP contribution in [0.25, 0.3) is 0 Å². The fraction of sp³-hybridized carbons (Fsp3) is 0.143. The molecule has 0 fully saturated rings. The molecule has 0 aliphatic heterocycles. The van der Waals surface area contributed by atoms with Crippen LogP contribution in [0.2, 0.25) is 0 Å². The van der Waals surface area contributed by atoms with E-state index in [4.69, 9.17) is 4.55 Å². The van der Waals surface area contributed by atoms with Crippen molar-refractivity contribution in [2.75, 3.05) is 0 Å². The molecule has 1 aromatic carbocycles. The van der Waals surface area contributed by atoms with E-state index in [-0.39, 0.29) is 36.5 Å². The summed E-state index contributed by atoms with van der Waals surface area (Å²) in [5, 5.41) is 21.2. The van der Waals surface area contributed by atoms with Crippen molar-refractivity contribution in [2.45, 2.75) is 11.8 Å². The molecule has 0 bridgehead atoms. The number of hydrogen-bond acceptors (Lipinski definition) is 6. The maximum absolute atomic E-state index is 11.0. The van der Waals surface area contributed by atoms with E-state index in [1.165, 1.54) is 6.92 Å². The third kappa shape index (κ3) is 3.23. The average Bonchev–Trinajstić information content (AvgIpc) is 2.14. The Hall–Kier alpha value is -1.07. The molecule has 0 spiro atoms. The van der Waals surface area contributed by atoms with Crippen LogP contribution in [-0.2, 0) is 10.1 Å². The topological polar surface area (TPSA) is 141 Å². The Morgan fingerprint density at radius 2 is 1.72 bits per heavy atom. The second kappa shape index (κ2) is 5.71. The molecule has 0 radical (unpaired) electrons. The normalized spacial score (nSPS) is 10.6. The van der Waals surface area contributed by atoms with Crippen molar-refractivity contribution in [3.63, 3.8) is 0 Å². The van der Waals surface area contributed by atoms with E-state index in [2.05, 4.69) is 0 Å². The van der Waals surface area contributed by atoms with E-state index in [9.17, 15) is 28.6 Å². The first-order chi connectivity index (χ1) is 7.66. The van der Waals surface area contributed by atoms with Gasteiger partial charge in [-0.25, -0.2) is 0 Å². The van der Waals surface area contributed by atoms with Crippen molar-refractivity contribution in [2.24, 2.45) is 0 Å². The molecule has 0 unspecified atom stereocenters. The quantitative estimate of drug-likeness (QED) is 0.298. The predicted molar refractivity (Wildman–Crippen MR) is 55.4 cm³/mol. The summed E-state index contributed by atoms with van der Waals surface area (Å²) in [6, 6.07) is 1.82. The Balaban J connectivity index is 0. The first-order valence-electron chi connectivity index (χ1n) is 4.06. The summed E-state index contributed by atoms with van der Waals surface area (Å²) >= 11 is 0. The van der Waals surface area contributed by atoms with Crippen molar-refractivity contribution in [1.29, 1.82) is 0 Å². The zero-order chi connectivity index (χ0) is 13.4. The zero-order valence-electron chi connectivity index (χ0n) is 10.4. The molecule has 1 aromatic rings. The standard InChI is InChI=1S/C7H6N2O7S.Na.H/c1-4-2-3-5(8(10)11)7(17(14,15)16)6(4)9(12)13;;/h2-3H,1H3,(H,14,15,16);;/q;+1;-1. The van der Waals surface area contributed by atoms with Crippen molar-refractivity contribution in [3.8, 4) is 0 Å². The van der Waals surface area contributed by atoms with Crippen LogP contribution >= 0.6 is 0 Å². The van der Waals surface area contributed by atoms with Gasteiger partial charge in [0, 0.05) is 11.6 Å². The maximum atomic E-state index is 11.0. The minimum absolute atomic E-state index is 0. The van der Waals surface area contributed by atoms with Crippen LogP contribution in [-0.4, -0.2) is 22.8 Å². The number of rotatable bonds is 3. The molecule has 11 heteroatoms. The van der Waals surface area contributed by atoms with Gasteiger partial charge in [-0.1, -0.05) is 0 Å². The summed E-state index contributed by atoms with van der Waals surface area (Å²) in [6.45, 7) is 1.20. The van der Waals surface area contributed by atoms with Gasteiger partial charge < -0.3 is 1.43 Å². The van der Waals surface area contributed by atoms with E-state index >= 15 is 0 Å². The number of nitrogens with zero attached hydrogens (tertiary/aromatic N) is 2. The second-order valence-electron chi connectivity index (χ2n) is 3.07. The number of nitro benzene ring substituents is 2. The average molecular weight is 286 g/mol. The monoisotopic (exact) mass is 286 g/mol. The maximum Gasteiger partial charge on any atom is 1.00 e. The number of benzene rings is 1. The predicted octanol–water partition coefficient (Wildman–Crippen LogP) is -1.83. The SMILES string of the molecule is Cc1ccc([N+](=O)[O-])c(S(=O)(=O)O)c1[N+](=O)[O-].[H-].[Na+]. The van der Waals surface area contributed by atoms with Crippen LogP contribution in [0.5, 0.6) is 0 Å². The fourth-order valence-corrected chi connectivity index (χ4v) is 2.17. The molecule has 1 rings (SSSR count). The summed E-state index contributed by atoms with van der Waals surface area (Å²) in [5.74, 6) is 0. The number of aryl methyl sites for hydroxylation is 1. The minimum atomic E-state index is -5.06. The Morgan fingerprint density at radius 1 is 1.22 bits per heavy atom. The van der Waals surface area contributed by atoms with Gasteiger partial charge in [-0.15, -0.1) is 0 Å². The molecule has 9 nitrogen and oxygen atoms in total. The Kier molecular flexibility index (Phi) is 5.37. The van der Waals surface area contributed by atoms with Gasteiger partial charge in [-0.05, 0) is 13.0 Å². The first kappa shape index (κ1) is 16.9. The van der Waals surface area contributed by atoms with Gasteiger partial charge in [0.05, 0.1) is 9.85 Å². The second-order valence-corrected chi connectivity index (χ2v) is 4.43. The molecule has 0 heterocycles. The molecule has 0 aliphatic rings. The summed E-state index contributed by atoms with van der Waals surface area (Å²) in [6.07, 6.45) is 0. The summed E-state index contributed by atoms with van der Waals surface area (Å²) in [5.41, 5.74) is -2.14. The van der Waals surface area contributed by atoms with Crippen molar-refractivity contribution >= 4 is 21.5 Å². The number of nitro groups is 2. The van der Waals surface area contributed by atoms with Gasteiger partial charge >= 0.3 is 39.7 Å². The van der Waals surface area contributed by atoms with Gasteiger partial charge in [0.15, 0.2) is 0 Å². The Morgan fingerprint density at radius 3 is 2.06 bits per heavy atom. The van der Waals surface area contributed by atoms with Gasteiger partial charge in [0.2, 0.25) is 4.90 Å². The smallest absolute Gasteiger partial charge is 1.00 e. The molecule has 0 saturated heterocycles. The molecule has 0 atom stereocenters. The molecule has 0 saturated carbocycles. The Labute approximate surface area is 125 Å². The fourth-order valence-electron chi connectivity index (χ4n) is 1.28. The van der Waals surface area contributed by atoms with Gasteiger partial charge in [0.25, 0.3) is 11.4 Å². The van der Waals surface area contributed by atoms with E-state index in [1.807, 2.05) is 0 Å². The largest absolute Gasteiger partial charge is 1.00 e. The van der Waals surface area contributed by atoms with E-state index in [0.717, 1.165) is 12.1 Å². The van der Waals surface area contributed by atoms with E-state index < -0.39 is 36.2 Å². The molecule has 0 amide bonds. The van der Waals surface area contributed by atoms with Crippen molar-refractivity contribution < 1.29 is 53.8 Å². The van der Waals surface area contributed by atoms with Gasteiger partial charge in [-0.2, -0.15) is 8.42 Å². The third-order valence-electron chi connectivity index (χ3n) is 1.95. The molecular weight excluding hydrogens is 279 g/mol. The first-order valence-corrected chi connectivity index (χ1v) is 5.50. The van der Waals surface area contributed by atoms with Crippen molar-refractivity contribution in [1.82, 2.24) is 0 Å².